The van der Waals surface area contributed by atoms with Crippen LogP contribution in [0.1, 0.15) is 44.4 Å². The van der Waals surface area contributed by atoms with Gasteiger partial charge in [-0.2, -0.15) is 0 Å². The summed E-state index contributed by atoms with van der Waals surface area (Å²) in [5.74, 6) is 1.71. The molecule has 4 heteroatoms. The topological polar surface area (TPSA) is 54.6 Å². The summed E-state index contributed by atoms with van der Waals surface area (Å²) in [7, 11) is 1.66. The lowest BCUT2D eigenvalue weighted by molar-refractivity contribution is 0.282. The molecule has 1 heterocycles. The zero-order valence-corrected chi connectivity index (χ0v) is 12.9. The van der Waals surface area contributed by atoms with E-state index in [1.807, 2.05) is 18.2 Å². The molecular weight excluding hydrogens is 266 g/mol. The summed E-state index contributed by atoms with van der Waals surface area (Å²) in [6.07, 6.45) is 4.26. The number of furan rings is 1. The highest BCUT2D eigenvalue weighted by molar-refractivity contribution is 5.83. The molecule has 2 rings (SSSR count). The first-order valence-electron chi connectivity index (χ1n) is 7.67. The van der Waals surface area contributed by atoms with E-state index in [9.17, 15) is 0 Å². The molecule has 2 aromatic rings. The number of nitrogens with one attached hydrogen (secondary N) is 1. The van der Waals surface area contributed by atoms with E-state index in [4.69, 9.17) is 14.3 Å². The summed E-state index contributed by atoms with van der Waals surface area (Å²) < 4.78 is 11.2. The number of rotatable bonds is 9. The van der Waals surface area contributed by atoms with Crippen molar-refractivity contribution in [1.29, 1.82) is 0 Å². The number of aliphatic hydroxyl groups is 1. The summed E-state index contributed by atoms with van der Waals surface area (Å²) in [4.78, 5) is 0. The van der Waals surface area contributed by atoms with Gasteiger partial charge < -0.3 is 19.6 Å². The number of fused-ring (bicyclic) bond motifs is 1. The van der Waals surface area contributed by atoms with Crippen LogP contribution in [-0.2, 0) is 0 Å². The Morgan fingerprint density at radius 3 is 2.81 bits per heavy atom. The molecule has 4 nitrogen and oxygen atoms in total. The van der Waals surface area contributed by atoms with Crippen LogP contribution in [0, 0.1) is 0 Å². The third-order valence-corrected chi connectivity index (χ3v) is 3.71. The van der Waals surface area contributed by atoms with Gasteiger partial charge in [0.1, 0.15) is 5.76 Å². The molecule has 1 atom stereocenters. The second-order valence-corrected chi connectivity index (χ2v) is 5.34. The number of hydrogen-bond acceptors (Lipinski definition) is 4. The Balaban J connectivity index is 1.89. The van der Waals surface area contributed by atoms with Gasteiger partial charge in [-0.3, -0.25) is 0 Å². The number of ether oxygens (including phenoxy) is 1. The monoisotopic (exact) mass is 291 g/mol. The summed E-state index contributed by atoms with van der Waals surface area (Å²) in [5, 5.41) is 13.3. The molecule has 0 saturated heterocycles. The molecule has 21 heavy (non-hydrogen) atoms. The van der Waals surface area contributed by atoms with E-state index >= 15 is 0 Å². The fourth-order valence-electron chi connectivity index (χ4n) is 2.44. The lowest BCUT2D eigenvalue weighted by atomic mass is 10.2. The van der Waals surface area contributed by atoms with E-state index < -0.39 is 0 Å². The fourth-order valence-corrected chi connectivity index (χ4v) is 2.44. The zero-order chi connectivity index (χ0) is 15.1. The van der Waals surface area contributed by atoms with Gasteiger partial charge in [-0.15, -0.1) is 0 Å². The largest absolute Gasteiger partial charge is 0.493 e. The van der Waals surface area contributed by atoms with Crippen LogP contribution in [-0.4, -0.2) is 25.4 Å². The normalized spacial score (nSPS) is 12.7. The molecule has 1 unspecified atom stereocenters. The van der Waals surface area contributed by atoms with Crippen LogP contribution >= 0.6 is 0 Å². The van der Waals surface area contributed by atoms with Crippen molar-refractivity contribution < 1.29 is 14.3 Å². The van der Waals surface area contributed by atoms with Gasteiger partial charge >= 0.3 is 0 Å². The number of para-hydroxylation sites is 1. The highest BCUT2D eigenvalue weighted by atomic mass is 16.5. The number of unbranched alkanes of at least 4 members (excludes halogenated alkanes) is 3. The summed E-state index contributed by atoms with van der Waals surface area (Å²) in [6.45, 7) is 3.36. The predicted octanol–water partition coefficient (Wildman–Crippen LogP) is 3.64. The molecule has 1 aromatic heterocycles. The third-order valence-electron chi connectivity index (χ3n) is 3.71. The van der Waals surface area contributed by atoms with E-state index in [1.165, 1.54) is 0 Å². The van der Waals surface area contributed by atoms with E-state index in [-0.39, 0.29) is 6.04 Å². The molecule has 0 spiro atoms. The van der Waals surface area contributed by atoms with Crippen LogP contribution in [0.5, 0.6) is 5.75 Å². The molecule has 0 fully saturated rings. The summed E-state index contributed by atoms with van der Waals surface area (Å²) >= 11 is 0. The molecule has 1 aromatic carbocycles. The van der Waals surface area contributed by atoms with Gasteiger partial charge in [-0.1, -0.05) is 25.0 Å². The van der Waals surface area contributed by atoms with Crippen molar-refractivity contribution in [3.8, 4) is 5.75 Å². The quantitative estimate of drug-likeness (QED) is 0.693. The molecule has 0 bridgehead atoms. The fraction of sp³-hybridized carbons (Fsp3) is 0.529. The van der Waals surface area contributed by atoms with Crippen molar-refractivity contribution >= 4 is 11.0 Å². The number of methoxy groups -OCH3 is 1. The van der Waals surface area contributed by atoms with Crippen LogP contribution in [0.3, 0.4) is 0 Å². The second-order valence-electron chi connectivity index (χ2n) is 5.34. The van der Waals surface area contributed by atoms with Gasteiger partial charge in [0.25, 0.3) is 0 Å². The third kappa shape index (κ3) is 4.22. The first-order chi connectivity index (χ1) is 10.3. The Labute approximate surface area is 126 Å². The number of benzene rings is 1. The van der Waals surface area contributed by atoms with Crippen molar-refractivity contribution in [3.05, 3.63) is 30.0 Å². The Morgan fingerprint density at radius 1 is 1.24 bits per heavy atom. The highest BCUT2D eigenvalue weighted by Gasteiger charge is 2.13. The van der Waals surface area contributed by atoms with Crippen molar-refractivity contribution in [1.82, 2.24) is 5.32 Å². The SMILES string of the molecule is COc1cccc2cc(C(C)NCCCCCCO)oc12. The molecule has 0 aliphatic rings. The molecule has 0 radical (unpaired) electrons. The number of aliphatic hydroxyl groups excluding tert-OH is 1. The summed E-state index contributed by atoms with van der Waals surface area (Å²) in [5.41, 5.74) is 0.812. The molecule has 0 amide bonds. The predicted molar refractivity (Wildman–Crippen MR) is 84.7 cm³/mol. The van der Waals surface area contributed by atoms with Crippen molar-refractivity contribution in [2.45, 2.75) is 38.6 Å². The van der Waals surface area contributed by atoms with Gasteiger partial charge in [0.15, 0.2) is 11.3 Å². The minimum atomic E-state index is 0.181. The first-order valence-corrected chi connectivity index (χ1v) is 7.67. The Bertz CT molecular complexity index is 550. The van der Waals surface area contributed by atoms with E-state index in [0.29, 0.717) is 6.61 Å². The van der Waals surface area contributed by atoms with Gasteiger partial charge in [-0.25, -0.2) is 0 Å². The van der Waals surface area contributed by atoms with Crippen LogP contribution in [0.25, 0.3) is 11.0 Å². The lowest BCUT2D eigenvalue weighted by Gasteiger charge is -2.10. The molecule has 116 valence electrons. The molecule has 0 aliphatic carbocycles. The van der Waals surface area contributed by atoms with Gasteiger partial charge in [0.2, 0.25) is 0 Å². The van der Waals surface area contributed by atoms with E-state index in [1.54, 1.807) is 7.11 Å². The molecular formula is C17H25NO3. The van der Waals surface area contributed by atoms with Crippen LogP contribution < -0.4 is 10.1 Å². The van der Waals surface area contributed by atoms with E-state index in [2.05, 4.69) is 18.3 Å². The maximum atomic E-state index is 8.73. The summed E-state index contributed by atoms with van der Waals surface area (Å²) in [6, 6.07) is 8.17. The average Bonchev–Trinajstić information content (AvgIpc) is 2.94. The van der Waals surface area contributed by atoms with Crippen molar-refractivity contribution in [2.24, 2.45) is 0 Å². The lowest BCUT2D eigenvalue weighted by Crippen LogP contribution is -2.19. The minimum Gasteiger partial charge on any atom is -0.493 e. The Morgan fingerprint density at radius 2 is 2.05 bits per heavy atom. The standard InChI is InChI=1S/C17H25NO3/c1-13(18-10-5-3-4-6-11-19)16-12-14-8-7-9-15(20-2)17(14)21-16/h7-9,12-13,18-19H,3-6,10-11H2,1-2H3. The molecule has 0 aliphatic heterocycles. The maximum Gasteiger partial charge on any atom is 0.176 e. The maximum absolute atomic E-state index is 8.73. The van der Waals surface area contributed by atoms with Crippen LogP contribution in [0.15, 0.2) is 28.7 Å². The van der Waals surface area contributed by atoms with Crippen LogP contribution in [0.2, 0.25) is 0 Å². The smallest absolute Gasteiger partial charge is 0.176 e. The first kappa shape index (κ1) is 15.9. The van der Waals surface area contributed by atoms with Gasteiger partial charge in [-0.05, 0) is 38.4 Å². The second kappa shape index (κ2) is 8.05. The zero-order valence-electron chi connectivity index (χ0n) is 12.9. The average molecular weight is 291 g/mol. The van der Waals surface area contributed by atoms with Gasteiger partial charge in [0.05, 0.1) is 13.2 Å². The van der Waals surface area contributed by atoms with Crippen molar-refractivity contribution in [2.75, 3.05) is 20.3 Å². The number of hydrogen-bond donors (Lipinski definition) is 2. The van der Waals surface area contributed by atoms with Crippen LogP contribution in [0.4, 0.5) is 0 Å². The minimum absolute atomic E-state index is 0.181. The van der Waals surface area contributed by atoms with Crippen molar-refractivity contribution in [3.63, 3.8) is 0 Å². The molecule has 2 N–H and O–H groups in total. The van der Waals surface area contributed by atoms with Gasteiger partial charge in [0, 0.05) is 12.0 Å². The van der Waals surface area contributed by atoms with E-state index in [0.717, 1.165) is 54.7 Å². The highest BCUT2D eigenvalue weighted by Crippen LogP contribution is 2.30. The Kier molecular flexibility index (Phi) is 6.08. The molecule has 0 saturated carbocycles. The Hall–Kier alpha value is -1.52.